The molecule has 6 heteroatoms. The second-order valence-corrected chi connectivity index (χ2v) is 6.76. The van der Waals surface area contributed by atoms with E-state index < -0.39 is 0 Å². The number of ketones is 1. The third-order valence-electron chi connectivity index (χ3n) is 4.65. The summed E-state index contributed by atoms with van der Waals surface area (Å²) in [6.07, 6.45) is 3.43. The molecule has 1 fully saturated rings. The van der Waals surface area contributed by atoms with Crippen molar-refractivity contribution in [3.63, 3.8) is 0 Å². The minimum atomic E-state index is 0. The molecule has 0 aromatic heterocycles. The lowest BCUT2D eigenvalue weighted by Crippen LogP contribution is -2.45. The molecule has 0 spiro atoms. The Labute approximate surface area is 161 Å². The van der Waals surface area contributed by atoms with E-state index in [2.05, 4.69) is 24.8 Å². The van der Waals surface area contributed by atoms with Crippen LogP contribution in [0.2, 0.25) is 0 Å². The number of hydrogen-bond acceptors (Lipinski definition) is 5. The number of carbonyl (C=O) groups excluding carboxylic acids is 1. The Morgan fingerprint density at radius 3 is 2.42 bits per heavy atom. The monoisotopic (exact) mass is 381 g/mol. The summed E-state index contributed by atoms with van der Waals surface area (Å²) in [6.45, 7) is 8.31. The van der Waals surface area contributed by atoms with Crippen LogP contribution in [-0.4, -0.2) is 44.8 Å². The Kier molecular flexibility index (Phi) is 6.95. The molecule has 1 aliphatic heterocycles. The third-order valence-corrected chi connectivity index (χ3v) is 4.65. The van der Waals surface area contributed by atoms with Crippen molar-refractivity contribution in [3.8, 4) is 11.5 Å². The molecule has 144 valence electrons. The van der Waals surface area contributed by atoms with Crippen molar-refractivity contribution in [2.45, 2.75) is 45.8 Å². The highest BCUT2D eigenvalue weighted by molar-refractivity contribution is 6.02. The fourth-order valence-corrected chi connectivity index (χ4v) is 3.65. The van der Waals surface area contributed by atoms with Crippen LogP contribution >= 0.6 is 12.4 Å². The minimum absolute atomic E-state index is 0. The van der Waals surface area contributed by atoms with E-state index in [4.69, 9.17) is 14.2 Å². The quantitative estimate of drug-likeness (QED) is 0.774. The number of carbonyl (C=O) groups is 1. The topological polar surface area (TPSA) is 48.0 Å². The van der Waals surface area contributed by atoms with Crippen molar-refractivity contribution in [1.82, 2.24) is 0 Å². The highest BCUT2D eigenvalue weighted by Gasteiger charge is 2.27. The molecular weight excluding hydrogens is 354 g/mol. The SMILES string of the molecule is CCOc1c(OC)cc(C2=CC(=O)CC2)cc1N1CC(C)OC(C)C1.Cl. The molecule has 1 aliphatic carbocycles. The van der Waals surface area contributed by atoms with Gasteiger partial charge in [0, 0.05) is 19.5 Å². The van der Waals surface area contributed by atoms with E-state index in [1.807, 2.05) is 13.0 Å². The van der Waals surface area contributed by atoms with Crippen molar-refractivity contribution in [2.75, 3.05) is 31.7 Å². The summed E-state index contributed by atoms with van der Waals surface area (Å²) >= 11 is 0. The minimum Gasteiger partial charge on any atom is -0.493 e. The average Bonchev–Trinajstić information content (AvgIpc) is 3.00. The van der Waals surface area contributed by atoms with E-state index in [9.17, 15) is 4.79 Å². The van der Waals surface area contributed by atoms with Crippen molar-refractivity contribution < 1.29 is 19.0 Å². The van der Waals surface area contributed by atoms with Gasteiger partial charge in [-0.25, -0.2) is 0 Å². The molecule has 1 heterocycles. The van der Waals surface area contributed by atoms with Crippen LogP contribution in [0, 0.1) is 0 Å². The first kappa shape index (κ1) is 20.6. The van der Waals surface area contributed by atoms with Gasteiger partial charge in [-0.3, -0.25) is 4.79 Å². The number of methoxy groups -OCH3 is 1. The maximum Gasteiger partial charge on any atom is 0.184 e. The molecular formula is C20H28ClNO4. The number of benzene rings is 1. The van der Waals surface area contributed by atoms with Gasteiger partial charge in [0.15, 0.2) is 17.3 Å². The Morgan fingerprint density at radius 2 is 1.88 bits per heavy atom. The number of halogens is 1. The molecule has 0 radical (unpaired) electrons. The second kappa shape index (κ2) is 8.78. The standard InChI is InChI=1S/C20H27NO4.ClH/c1-5-24-20-18(21-11-13(2)25-14(3)12-21)9-16(10-19(20)23-4)15-6-7-17(22)8-15;/h8-10,13-14H,5-7,11-12H2,1-4H3;1H. The van der Waals surface area contributed by atoms with Crippen LogP contribution in [0.15, 0.2) is 18.2 Å². The number of allylic oxidation sites excluding steroid dienone is 2. The Balaban J connectivity index is 0.00000243. The second-order valence-electron chi connectivity index (χ2n) is 6.76. The predicted molar refractivity (Wildman–Crippen MR) is 106 cm³/mol. The van der Waals surface area contributed by atoms with Gasteiger partial charge in [0.05, 0.1) is 31.6 Å². The van der Waals surface area contributed by atoms with Crippen LogP contribution < -0.4 is 14.4 Å². The van der Waals surface area contributed by atoms with Crippen LogP contribution in [0.25, 0.3) is 5.57 Å². The summed E-state index contributed by atoms with van der Waals surface area (Å²) in [5.41, 5.74) is 3.12. The molecule has 5 nitrogen and oxygen atoms in total. The van der Waals surface area contributed by atoms with E-state index in [1.165, 1.54) is 0 Å². The first-order valence-electron chi connectivity index (χ1n) is 9.00. The van der Waals surface area contributed by atoms with Crippen molar-refractivity contribution in [3.05, 3.63) is 23.8 Å². The number of morpholine rings is 1. The lowest BCUT2D eigenvalue weighted by molar-refractivity contribution is -0.114. The third kappa shape index (κ3) is 4.33. The lowest BCUT2D eigenvalue weighted by Gasteiger charge is -2.38. The van der Waals surface area contributed by atoms with E-state index in [0.717, 1.165) is 42.1 Å². The molecule has 2 atom stereocenters. The van der Waals surface area contributed by atoms with Gasteiger partial charge in [0.25, 0.3) is 0 Å². The summed E-state index contributed by atoms with van der Waals surface area (Å²) in [7, 11) is 1.66. The van der Waals surface area contributed by atoms with Crippen LogP contribution in [0.4, 0.5) is 5.69 Å². The van der Waals surface area contributed by atoms with Gasteiger partial charge in [0.1, 0.15) is 0 Å². The Morgan fingerprint density at radius 1 is 1.19 bits per heavy atom. The molecule has 1 aromatic carbocycles. The molecule has 0 amide bonds. The Hall–Kier alpha value is -1.72. The van der Waals surface area contributed by atoms with E-state index in [-0.39, 0.29) is 30.4 Å². The largest absolute Gasteiger partial charge is 0.493 e. The average molecular weight is 382 g/mol. The number of ether oxygens (including phenoxy) is 3. The number of rotatable bonds is 5. The summed E-state index contributed by atoms with van der Waals surface area (Å²) in [5, 5.41) is 0. The van der Waals surface area contributed by atoms with Crippen LogP contribution in [-0.2, 0) is 9.53 Å². The van der Waals surface area contributed by atoms with Gasteiger partial charge in [0.2, 0.25) is 0 Å². The zero-order valence-electron chi connectivity index (χ0n) is 15.9. The molecule has 1 saturated heterocycles. The van der Waals surface area contributed by atoms with E-state index in [0.29, 0.717) is 18.8 Å². The molecule has 2 unspecified atom stereocenters. The summed E-state index contributed by atoms with van der Waals surface area (Å²) < 4.78 is 17.4. The zero-order valence-corrected chi connectivity index (χ0v) is 16.7. The molecule has 3 rings (SSSR count). The predicted octanol–water partition coefficient (Wildman–Crippen LogP) is 3.88. The molecule has 26 heavy (non-hydrogen) atoms. The maximum absolute atomic E-state index is 11.7. The van der Waals surface area contributed by atoms with Gasteiger partial charge in [-0.2, -0.15) is 0 Å². The van der Waals surface area contributed by atoms with Crippen LogP contribution in [0.3, 0.4) is 0 Å². The highest BCUT2D eigenvalue weighted by atomic mass is 35.5. The molecule has 1 aromatic rings. The number of hydrogen-bond donors (Lipinski definition) is 0. The van der Waals surface area contributed by atoms with Gasteiger partial charge < -0.3 is 19.1 Å². The zero-order chi connectivity index (χ0) is 18.0. The summed E-state index contributed by atoms with van der Waals surface area (Å²) in [5.74, 6) is 1.67. The molecule has 0 saturated carbocycles. The number of anilines is 1. The van der Waals surface area contributed by atoms with Gasteiger partial charge in [-0.1, -0.05) is 0 Å². The lowest BCUT2D eigenvalue weighted by atomic mass is 10.0. The van der Waals surface area contributed by atoms with Crippen molar-refractivity contribution in [2.24, 2.45) is 0 Å². The molecule has 0 N–H and O–H groups in total. The fraction of sp³-hybridized carbons (Fsp3) is 0.550. The van der Waals surface area contributed by atoms with Crippen LogP contribution in [0.1, 0.15) is 39.2 Å². The first-order chi connectivity index (χ1) is 12.0. The summed E-state index contributed by atoms with van der Waals surface area (Å²) in [6, 6.07) is 4.11. The van der Waals surface area contributed by atoms with Crippen LogP contribution in [0.5, 0.6) is 11.5 Å². The molecule has 2 aliphatic rings. The highest BCUT2D eigenvalue weighted by Crippen LogP contribution is 2.43. The Bertz CT molecular complexity index is 679. The van der Waals surface area contributed by atoms with Gasteiger partial charge >= 0.3 is 0 Å². The fourth-order valence-electron chi connectivity index (χ4n) is 3.65. The summed E-state index contributed by atoms with van der Waals surface area (Å²) in [4.78, 5) is 14.0. The van der Waals surface area contributed by atoms with E-state index in [1.54, 1.807) is 13.2 Å². The van der Waals surface area contributed by atoms with Gasteiger partial charge in [-0.15, -0.1) is 12.4 Å². The maximum atomic E-state index is 11.7. The van der Waals surface area contributed by atoms with Crippen molar-refractivity contribution >= 4 is 29.5 Å². The van der Waals surface area contributed by atoms with E-state index >= 15 is 0 Å². The first-order valence-corrected chi connectivity index (χ1v) is 9.00. The number of nitrogens with zero attached hydrogens (tertiary/aromatic N) is 1. The molecule has 0 bridgehead atoms. The smallest absolute Gasteiger partial charge is 0.184 e. The normalized spacial score (nSPS) is 22.7. The van der Waals surface area contributed by atoms with Gasteiger partial charge in [-0.05, 0) is 56.5 Å². The van der Waals surface area contributed by atoms with Crippen molar-refractivity contribution in [1.29, 1.82) is 0 Å².